The molecular formula is C31H37NO6SSi. The van der Waals surface area contributed by atoms with E-state index in [-0.39, 0.29) is 16.5 Å². The third-order valence-corrected chi connectivity index (χ3v) is 14.9. The highest BCUT2D eigenvalue weighted by Gasteiger charge is 2.64. The first-order valence-corrected chi connectivity index (χ1v) is 16.9. The normalized spacial score (nSPS) is 23.1. The van der Waals surface area contributed by atoms with Crippen molar-refractivity contribution >= 4 is 34.7 Å². The molecule has 0 aromatic heterocycles. The van der Waals surface area contributed by atoms with Gasteiger partial charge < -0.3 is 13.9 Å². The van der Waals surface area contributed by atoms with Gasteiger partial charge in [0.2, 0.25) is 10.0 Å². The summed E-state index contributed by atoms with van der Waals surface area (Å²) in [5.74, 6) is -0.623. The van der Waals surface area contributed by atoms with Crippen molar-refractivity contribution in [1.82, 2.24) is 4.31 Å². The number of esters is 1. The monoisotopic (exact) mass is 579 g/mol. The summed E-state index contributed by atoms with van der Waals surface area (Å²) in [5.41, 5.74) is -0.316. The van der Waals surface area contributed by atoms with Gasteiger partial charge in [-0.05, 0) is 48.3 Å². The zero-order chi connectivity index (χ0) is 28.9. The van der Waals surface area contributed by atoms with Crippen molar-refractivity contribution < 1.29 is 27.1 Å². The van der Waals surface area contributed by atoms with Gasteiger partial charge >= 0.3 is 5.97 Å². The number of rotatable bonds is 7. The molecule has 2 aliphatic heterocycles. The molecule has 9 heteroatoms. The number of hydrogen-bond acceptors (Lipinski definition) is 6. The smallest absolute Gasteiger partial charge is 0.327 e. The van der Waals surface area contributed by atoms with E-state index in [1.165, 1.54) is 4.31 Å². The molecule has 3 atom stereocenters. The number of sulfonamides is 1. The summed E-state index contributed by atoms with van der Waals surface area (Å²) in [5, 5.41) is 1.94. The van der Waals surface area contributed by atoms with E-state index in [1.807, 2.05) is 43.3 Å². The summed E-state index contributed by atoms with van der Waals surface area (Å²) in [7, 11) is -6.96. The van der Waals surface area contributed by atoms with Gasteiger partial charge in [0.05, 0.1) is 11.5 Å². The summed E-state index contributed by atoms with van der Waals surface area (Å²) >= 11 is 0. The van der Waals surface area contributed by atoms with Crippen LogP contribution in [0.3, 0.4) is 0 Å². The number of ether oxygens (including phenoxy) is 2. The van der Waals surface area contributed by atoms with E-state index < -0.39 is 48.3 Å². The quantitative estimate of drug-likeness (QED) is 0.311. The third kappa shape index (κ3) is 4.73. The summed E-state index contributed by atoms with van der Waals surface area (Å²) in [4.78, 5) is 13.4. The standard InChI is InChI=1S/C31H37NO6SSi/c1-22-17-19-23(20-18-22)39(34,35)32-27-28(38-31(32,5)6)26(37-29(27)33)21-36-40(30(2,3)4,24-13-9-7-10-14-24)25-15-11-8-12-16-25/h7-20,26-28H,21H2,1-6H3/t26-,27-,28-/m1/s1. The van der Waals surface area contributed by atoms with Gasteiger partial charge in [0.25, 0.3) is 8.32 Å². The van der Waals surface area contributed by atoms with Crippen molar-refractivity contribution in [1.29, 1.82) is 0 Å². The van der Waals surface area contributed by atoms with Crippen LogP contribution in [0.1, 0.15) is 40.2 Å². The van der Waals surface area contributed by atoms with Gasteiger partial charge in [0, 0.05) is 0 Å². The van der Waals surface area contributed by atoms with E-state index in [4.69, 9.17) is 13.9 Å². The SMILES string of the molecule is Cc1ccc(S(=O)(=O)N2[C@H]3C(=O)O[C@H](CO[Si](c4ccccc4)(c4ccccc4)C(C)(C)C)[C@H]3OC2(C)C)cc1. The first kappa shape index (κ1) is 28.7. The van der Waals surface area contributed by atoms with Crippen LogP contribution in [0.25, 0.3) is 0 Å². The van der Waals surface area contributed by atoms with Gasteiger partial charge in [-0.2, -0.15) is 4.31 Å². The molecule has 0 saturated carbocycles. The molecular weight excluding hydrogens is 542 g/mol. The molecule has 0 amide bonds. The van der Waals surface area contributed by atoms with E-state index in [0.717, 1.165) is 15.9 Å². The number of carbonyl (C=O) groups is 1. The predicted octanol–water partition coefficient (Wildman–Crippen LogP) is 3.99. The first-order valence-electron chi connectivity index (χ1n) is 13.5. The van der Waals surface area contributed by atoms with Crippen LogP contribution in [0.4, 0.5) is 0 Å². The van der Waals surface area contributed by atoms with Crippen LogP contribution in [0, 0.1) is 6.92 Å². The second-order valence-electron chi connectivity index (χ2n) is 12.0. The molecule has 2 aliphatic rings. The molecule has 3 aromatic rings. The lowest BCUT2D eigenvalue weighted by molar-refractivity contribution is -0.154. The largest absolute Gasteiger partial charge is 0.456 e. The highest BCUT2D eigenvalue weighted by Crippen LogP contribution is 2.44. The number of nitrogens with zero attached hydrogens (tertiary/aromatic N) is 1. The fourth-order valence-corrected chi connectivity index (χ4v) is 12.5. The minimum absolute atomic E-state index is 0.0781. The minimum atomic E-state index is -4.05. The zero-order valence-corrected chi connectivity index (χ0v) is 25.6. The minimum Gasteiger partial charge on any atom is -0.456 e. The molecule has 212 valence electrons. The van der Waals surface area contributed by atoms with Gasteiger partial charge in [-0.1, -0.05) is 99.1 Å². The average molecular weight is 580 g/mol. The Kier molecular flexibility index (Phi) is 7.33. The Morgan fingerprint density at radius 1 is 0.900 bits per heavy atom. The van der Waals surface area contributed by atoms with E-state index in [1.54, 1.807) is 38.1 Å². The molecule has 3 aromatic carbocycles. The molecule has 0 N–H and O–H groups in total. The van der Waals surface area contributed by atoms with E-state index in [2.05, 4.69) is 45.0 Å². The zero-order valence-electron chi connectivity index (χ0n) is 23.8. The average Bonchev–Trinajstić information content (AvgIpc) is 3.36. The Morgan fingerprint density at radius 2 is 1.43 bits per heavy atom. The molecule has 2 heterocycles. The van der Waals surface area contributed by atoms with Gasteiger partial charge in [-0.3, -0.25) is 4.79 Å². The molecule has 7 nitrogen and oxygen atoms in total. The highest BCUT2D eigenvalue weighted by atomic mass is 32.2. The lowest BCUT2D eigenvalue weighted by Gasteiger charge is -2.43. The van der Waals surface area contributed by atoms with Crippen LogP contribution in [0.15, 0.2) is 89.8 Å². The number of benzene rings is 3. The van der Waals surface area contributed by atoms with E-state index in [9.17, 15) is 13.2 Å². The molecule has 40 heavy (non-hydrogen) atoms. The molecule has 5 rings (SSSR count). The summed E-state index contributed by atoms with van der Waals surface area (Å²) in [6, 6.07) is 25.9. The van der Waals surface area contributed by atoms with Gasteiger partial charge in [-0.25, -0.2) is 8.42 Å². The molecule has 2 saturated heterocycles. The number of carbonyl (C=O) groups excluding carboxylic acids is 1. The van der Waals surface area contributed by atoms with Crippen molar-refractivity contribution in [3.8, 4) is 0 Å². The summed E-state index contributed by atoms with van der Waals surface area (Å²) < 4.78 is 47.9. The third-order valence-electron chi connectivity index (χ3n) is 7.85. The number of cyclic esters (lactones) is 1. The molecule has 0 unspecified atom stereocenters. The molecule has 2 fully saturated rings. The Balaban J connectivity index is 1.50. The Hall–Kier alpha value is -2.82. The van der Waals surface area contributed by atoms with Crippen molar-refractivity contribution in [2.24, 2.45) is 0 Å². The molecule has 0 radical (unpaired) electrons. The fraction of sp³-hybridized carbons (Fsp3) is 0.387. The van der Waals surface area contributed by atoms with Crippen LogP contribution in [0.2, 0.25) is 5.04 Å². The highest BCUT2D eigenvalue weighted by molar-refractivity contribution is 7.89. The van der Waals surface area contributed by atoms with Crippen LogP contribution < -0.4 is 10.4 Å². The maximum Gasteiger partial charge on any atom is 0.327 e. The number of aryl methyl sites for hydroxylation is 1. The topological polar surface area (TPSA) is 82.1 Å². The van der Waals surface area contributed by atoms with Crippen molar-refractivity contribution in [2.75, 3.05) is 6.61 Å². The van der Waals surface area contributed by atoms with Gasteiger partial charge in [-0.15, -0.1) is 0 Å². The van der Waals surface area contributed by atoms with Crippen LogP contribution in [-0.2, 0) is 28.7 Å². The maximum atomic E-state index is 13.8. The van der Waals surface area contributed by atoms with Gasteiger partial charge in [0.15, 0.2) is 12.1 Å². The molecule has 0 aliphatic carbocycles. The summed E-state index contributed by atoms with van der Waals surface area (Å²) in [6.45, 7) is 11.8. The van der Waals surface area contributed by atoms with Gasteiger partial charge in [0.1, 0.15) is 11.8 Å². The maximum absolute atomic E-state index is 13.8. The van der Waals surface area contributed by atoms with Crippen molar-refractivity contribution in [3.63, 3.8) is 0 Å². The predicted molar refractivity (Wildman–Crippen MR) is 156 cm³/mol. The summed E-state index contributed by atoms with van der Waals surface area (Å²) in [6.07, 6.45) is -1.57. The Morgan fingerprint density at radius 3 is 1.93 bits per heavy atom. The van der Waals surface area contributed by atoms with Crippen molar-refractivity contribution in [2.45, 2.75) is 75.5 Å². The number of fused-ring (bicyclic) bond motifs is 1. The number of hydrogen-bond donors (Lipinski definition) is 0. The fourth-order valence-electron chi connectivity index (χ4n) is 6.07. The lowest BCUT2D eigenvalue weighted by atomic mass is 10.1. The Labute approximate surface area is 238 Å². The van der Waals surface area contributed by atoms with Crippen LogP contribution in [0.5, 0.6) is 0 Å². The second kappa shape index (κ2) is 10.2. The molecule has 0 spiro atoms. The second-order valence-corrected chi connectivity index (χ2v) is 18.2. The van der Waals surface area contributed by atoms with E-state index >= 15 is 0 Å². The van der Waals surface area contributed by atoms with Crippen molar-refractivity contribution in [3.05, 3.63) is 90.5 Å². The first-order chi connectivity index (χ1) is 18.8. The van der Waals surface area contributed by atoms with Crippen LogP contribution in [-0.4, -0.2) is 57.6 Å². The van der Waals surface area contributed by atoms with E-state index in [0.29, 0.717) is 0 Å². The van der Waals surface area contributed by atoms with Crippen LogP contribution >= 0.6 is 0 Å². The Bertz CT molecular complexity index is 1430. The lowest BCUT2D eigenvalue weighted by Crippen LogP contribution is -2.67. The molecule has 0 bridgehead atoms.